The SMILES string of the molecule is CO[C@H]1/C=C/O[C@@]2(C)Oc3c(C)c(O)c4c(O)c(c(/C=N\N5CCNCC5)c(O)c4c3C2=O)NC(=O)/C(C)=C/C=C/[C@H](C)[C@H](O)[C@@H](C)[C@@H](O)[C@@H](C)[C@H](OC(C)=O)[C@@H]1C. The summed E-state index contributed by atoms with van der Waals surface area (Å²) in [6, 6.07) is 0. The molecule has 0 aromatic heterocycles. The molecular weight excluding hydrogens is 752 g/mol. The summed E-state index contributed by atoms with van der Waals surface area (Å²) in [6.45, 7) is 14.9. The van der Waals surface area contributed by atoms with Crippen LogP contribution in [0.1, 0.15) is 70.0 Å². The van der Waals surface area contributed by atoms with Crippen LogP contribution in [0.25, 0.3) is 10.8 Å². The van der Waals surface area contributed by atoms with Gasteiger partial charge in [-0.2, -0.15) is 5.10 Å². The topological polar surface area (TPSA) is 229 Å². The number of phenols is 3. The van der Waals surface area contributed by atoms with Gasteiger partial charge >= 0.3 is 11.8 Å². The highest BCUT2D eigenvalue weighted by Gasteiger charge is 2.50. The maximum absolute atomic E-state index is 14.4. The summed E-state index contributed by atoms with van der Waals surface area (Å²) in [6.07, 6.45) is 4.83. The van der Waals surface area contributed by atoms with Crippen LogP contribution >= 0.6 is 0 Å². The van der Waals surface area contributed by atoms with Gasteiger partial charge in [-0.05, 0) is 19.9 Å². The van der Waals surface area contributed by atoms with Gasteiger partial charge in [0.25, 0.3) is 11.7 Å². The minimum Gasteiger partial charge on any atom is -0.507 e. The zero-order chi connectivity index (χ0) is 42.8. The van der Waals surface area contributed by atoms with Crippen molar-refractivity contribution in [3.05, 3.63) is 52.8 Å². The van der Waals surface area contributed by atoms with Crippen LogP contribution in [0.15, 0.2) is 41.2 Å². The lowest BCUT2D eigenvalue weighted by Crippen LogP contribution is -2.46. The zero-order valence-corrected chi connectivity index (χ0v) is 34.4. The van der Waals surface area contributed by atoms with Gasteiger partial charge in [0.1, 0.15) is 23.4 Å². The third-order valence-electron chi connectivity index (χ3n) is 11.5. The van der Waals surface area contributed by atoms with Crippen LogP contribution in [0.3, 0.4) is 0 Å². The van der Waals surface area contributed by atoms with Gasteiger partial charge in [-0.25, -0.2) is 0 Å². The number of fused-ring (bicyclic) bond motifs is 14. The van der Waals surface area contributed by atoms with Gasteiger partial charge in [0.05, 0.1) is 53.0 Å². The molecular formula is C42H56N4O12. The second-order valence-electron chi connectivity index (χ2n) is 15.6. The Bertz CT molecular complexity index is 2040. The lowest BCUT2D eigenvalue weighted by molar-refractivity contribution is -0.160. The Morgan fingerprint density at radius 3 is 2.28 bits per heavy atom. The molecule has 0 radical (unpaired) electrons. The lowest BCUT2D eigenvalue weighted by Gasteiger charge is -2.38. The molecule has 4 heterocycles. The Kier molecular flexibility index (Phi) is 13.5. The van der Waals surface area contributed by atoms with E-state index in [4.69, 9.17) is 18.9 Å². The van der Waals surface area contributed by atoms with Crippen molar-refractivity contribution in [2.24, 2.45) is 28.8 Å². The number of amides is 1. The fourth-order valence-corrected chi connectivity index (χ4v) is 7.78. The van der Waals surface area contributed by atoms with Crippen molar-refractivity contribution in [2.45, 2.75) is 85.6 Å². The number of nitrogens with zero attached hydrogens (tertiary/aromatic N) is 2. The van der Waals surface area contributed by atoms with E-state index in [0.29, 0.717) is 26.2 Å². The Labute approximate surface area is 337 Å². The summed E-state index contributed by atoms with van der Waals surface area (Å²) in [7, 11) is 1.44. The van der Waals surface area contributed by atoms with Crippen LogP contribution in [0.5, 0.6) is 23.0 Å². The number of anilines is 1. The molecule has 16 nitrogen and oxygen atoms in total. The Morgan fingerprint density at radius 2 is 1.64 bits per heavy atom. The first-order valence-electron chi connectivity index (χ1n) is 19.4. The first-order chi connectivity index (χ1) is 27.3. The van der Waals surface area contributed by atoms with Gasteiger partial charge in [0, 0.05) is 87.3 Å². The molecule has 1 fully saturated rings. The van der Waals surface area contributed by atoms with Crippen molar-refractivity contribution in [3.8, 4) is 23.0 Å². The van der Waals surface area contributed by atoms with Crippen LogP contribution in [0, 0.1) is 30.6 Å². The summed E-state index contributed by atoms with van der Waals surface area (Å²) >= 11 is 0. The average molecular weight is 809 g/mol. The monoisotopic (exact) mass is 808 g/mol. The number of Topliss-reactive ketones (excluding diaryl/α,β-unsaturated/α-hetero) is 1. The molecule has 0 unspecified atom stereocenters. The van der Waals surface area contributed by atoms with Gasteiger partial charge in [-0.15, -0.1) is 0 Å². The van der Waals surface area contributed by atoms with E-state index in [2.05, 4.69) is 15.7 Å². The van der Waals surface area contributed by atoms with E-state index in [-0.39, 0.29) is 44.5 Å². The number of allylic oxidation sites excluding steroid dienone is 2. The number of rotatable bonds is 4. The number of piperazine rings is 1. The summed E-state index contributed by atoms with van der Waals surface area (Å²) < 4.78 is 23.6. The van der Waals surface area contributed by atoms with E-state index < -0.39 is 88.8 Å². The van der Waals surface area contributed by atoms with Crippen LogP contribution < -0.4 is 15.4 Å². The first kappa shape index (κ1) is 44.0. The highest BCUT2D eigenvalue weighted by molar-refractivity contribution is 6.23. The molecule has 58 heavy (non-hydrogen) atoms. The number of hydrogen-bond donors (Lipinski definition) is 7. The maximum Gasteiger partial charge on any atom is 0.312 e. The number of methoxy groups -OCH3 is 1. The molecule has 2 aromatic rings. The molecule has 4 aliphatic rings. The van der Waals surface area contributed by atoms with Gasteiger partial charge < -0.3 is 55.1 Å². The molecule has 2 aromatic carbocycles. The number of carbonyl (C=O) groups is 3. The number of aromatic hydroxyl groups is 3. The lowest BCUT2D eigenvalue weighted by atomic mass is 9.78. The Hall–Kier alpha value is -5.16. The van der Waals surface area contributed by atoms with Gasteiger partial charge in [-0.3, -0.25) is 19.4 Å². The molecule has 16 heteroatoms. The Morgan fingerprint density at radius 1 is 0.966 bits per heavy atom. The van der Waals surface area contributed by atoms with Crippen molar-refractivity contribution < 1.29 is 58.9 Å². The molecule has 1 saturated heterocycles. The van der Waals surface area contributed by atoms with Gasteiger partial charge in [-0.1, -0.05) is 45.9 Å². The van der Waals surface area contributed by atoms with Crippen molar-refractivity contribution in [1.29, 1.82) is 0 Å². The smallest absolute Gasteiger partial charge is 0.312 e. The second kappa shape index (κ2) is 17.8. The number of ether oxygens (including phenoxy) is 4. The number of carbonyl (C=O) groups excluding carboxylic acids is 3. The third kappa shape index (κ3) is 8.51. The fourth-order valence-electron chi connectivity index (χ4n) is 7.78. The molecule has 1 amide bonds. The first-order valence-corrected chi connectivity index (χ1v) is 19.4. The highest BCUT2D eigenvalue weighted by atomic mass is 16.7. The molecule has 4 aliphatic heterocycles. The van der Waals surface area contributed by atoms with E-state index in [1.54, 1.807) is 44.9 Å². The van der Waals surface area contributed by atoms with Crippen molar-refractivity contribution >= 4 is 40.3 Å². The molecule has 6 rings (SSSR count). The number of aliphatic hydroxyl groups is 2. The number of esters is 1. The molecule has 7 N–H and O–H groups in total. The van der Waals surface area contributed by atoms with Gasteiger partial charge in [0.2, 0.25) is 0 Å². The minimum atomic E-state index is -2.04. The molecule has 0 saturated carbocycles. The maximum atomic E-state index is 14.4. The van der Waals surface area contributed by atoms with Crippen LogP contribution in [-0.4, -0.2) is 118 Å². The third-order valence-corrected chi connectivity index (χ3v) is 11.5. The molecule has 0 spiro atoms. The number of hydrazone groups is 1. The van der Waals surface area contributed by atoms with Crippen molar-refractivity contribution in [1.82, 2.24) is 10.3 Å². The predicted octanol–water partition coefficient (Wildman–Crippen LogP) is 3.99. The largest absolute Gasteiger partial charge is 0.507 e. The summed E-state index contributed by atoms with van der Waals surface area (Å²) in [4.78, 5) is 40.4. The second-order valence-corrected chi connectivity index (χ2v) is 15.6. The van der Waals surface area contributed by atoms with E-state index >= 15 is 0 Å². The summed E-state index contributed by atoms with van der Waals surface area (Å²) in [5, 5.41) is 69.8. The number of ketones is 1. The van der Waals surface area contributed by atoms with Crippen molar-refractivity contribution in [3.63, 3.8) is 0 Å². The molecule has 316 valence electrons. The van der Waals surface area contributed by atoms with Crippen LogP contribution in [-0.2, 0) is 23.8 Å². The van der Waals surface area contributed by atoms with E-state index in [1.807, 2.05) is 0 Å². The van der Waals surface area contributed by atoms with E-state index in [1.165, 1.54) is 59.4 Å². The quantitative estimate of drug-likeness (QED) is 0.100. The van der Waals surface area contributed by atoms with Gasteiger partial charge in [0.15, 0.2) is 5.75 Å². The molecule has 9 atom stereocenters. The number of phenolic OH excluding ortho intramolecular Hbond substituents is 3. The van der Waals surface area contributed by atoms with E-state index in [0.717, 1.165) is 0 Å². The summed E-state index contributed by atoms with van der Waals surface area (Å²) in [5.74, 6) is -8.36. The molecule has 5 bridgehead atoms. The average Bonchev–Trinajstić information content (AvgIpc) is 3.46. The Balaban J connectivity index is 1.71. The number of benzene rings is 2. The minimum absolute atomic E-state index is 0.0544. The van der Waals surface area contributed by atoms with Crippen LogP contribution in [0.4, 0.5) is 5.69 Å². The number of hydrogen-bond acceptors (Lipinski definition) is 15. The highest BCUT2D eigenvalue weighted by Crippen LogP contribution is 2.55. The fraction of sp³-hybridized carbons (Fsp3) is 0.524. The zero-order valence-electron chi connectivity index (χ0n) is 34.4. The van der Waals surface area contributed by atoms with E-state index in [9.17, 15) is 39.9 Å². The van der Waals surface area contributed by atoms with Crippen molar-refractivity contribution in [2.75, 3.05) is 38.6 Å². The standard InChI is InChI=1S/C42H56N4O12/c1-20-11-10-12-21(2)41(54)45-32-27(19-44-46-16-14-43-15-17-46)36(51)29-30(37(32)52)35(50)25(6)39-31(29)40(53)42(8,58-39)56-18-13-28(55-9)22(3)38(57-26(7)47)24(5)34(49)23(4)33(20)48/h10-13,18-20,22-24,28,33-34,38,43,48-52H,14-17H2,1-9H3,(H,45,54)/b11-10+,18-13+,21-12+,44-19-/t20-,22+,23+,24+,28-,33-,34+,38+,42-/m0/s1. The number of nitrogens with one attached hydrogen (secondary N) is 2. The number of aliphatic hydroxyl groups excluding tert-OH is 2. The van der Waals surface area contributed by atoms with Crippen LogP contribution in [0.2, 0.25) is 0 Å². The summed E-state index contributed by atoms with van der Waals surface area (Å²) in [5.41, 5.74) is -0.364. The predicted molar refractivity (Wildman–Crippen MR) is 216 cm³/mol. The molecule has 0 aliphatic carbocycles. The normalized spacial score (nSPS) is 32.1.